The number of amides is 1. The lowest BCUT2D eigenvalue weighted by atomic mass is 9.86. The molecule has 0 aliphatic carbocycles. The monoisotopic (exact) mass is 361 g/mol. The number of furan rings is 1. The standard InChI is InChI=1S/C19H20ClNO4/c1-4-24-18(23)19(3)9-10-21(19)17(22)15-11-16(25-12(15)2)13-5-7-14(20)8-6-13/h5-8,11H,4,9-10H2,1-3H3. The summed E-state index contributed by atoms with van der Waals surface area (Å²) in [7, 11) is 0. The van der Waals surface area contributed by atoms with Gasteiger partial charge in [-0.2, -0.15) is 0 Å². The lowest BCUT2D eigenvalue weighted by Gasteiger charge is -2.48. The molecule has 1 aliphatic rings. The molecule has 1 aromatic heterocycles. The fraction of sp³-hybridized carbons (Fsp3) is 0.368. The molecule has 1 aliphatic heterocycles. The average Bonchev–Trinajstić information content (AvgIpc) is 2.95. The van der Waals surface area contributed by atoms with E-state index < -0.39 is 5.54 Å². The van der Waals surface area contributed by atoms with Crippen molar-refractivity contribution in [1.29, 1.82) is 0 Å². The van der Waals surface area contributed by atoms with E-state index in [1.54, 1.807) is 43.9 Å². The van der Waals surface area contributed by atoms with Crippen LogP contribution < -0.4 is 0 Å². The molecule has 0 saturated carbocycles. The highest BCUT2D eigenvalue weighted by atomic mass is 35.5. The number of esters is 1. The fourth-order valence-electron chi connectivity index (χ4n) is 2.98. The molecule has 0 spiro atoms. The molecule has 0 N–H and O–H groups in total. The third kappa shape index (κ3) is 3.04. The smallest absolute Gasteiger partial charge is 0.331 e. The van der Waals surface area contributed by atoms with E-state index in [-0.39, 0.29) is 11.9 Å². The molecule has 5 nitrogen and oxygen atoms in total. The lowest BCUT2D eigenvalue weighted by molar-refractivity contribution is -0.162. The van der Waals surface area contributed by atoms with E-state index in [4.69, 9.17) is 20.8 Å². The van der Waals surface area contributed by atoms with Crippen molar-refractivity contribution in [3.8, 4) is 11.3 Å². The molecule has 132 valence electrons. The van der Waals surface area contributed by atoms with E-state index in [1.807, 2.05) is 12.1 Å². The largest absolute Gasteiger partial charge is 0.464 e. The molecule has 1 aromatic carbocycles. The topological polar surface area (TPSA) is 59.8 Å². The van der Waals surface area contributed by atoms with E-state index >= 15 is 0 Å². The van der Waals surface area contributed by atoms with Crippen molar-refractivity contribution in [2.24, 2.45) is 0 Å². The first-order valence-corrected chi connectivity index (χ1v) is 8.60. The quantitative estimate of drug-likeness (QED) is 0.770. The molecular weight excluding hydrogens is 342 g/mol. The number of hydrogen-bond acceptors (Lipinski definition) is 4. The van der Waals surface area contributed by atoms with Crippen LogP contribution in [0.1, 0.15) is 36.4 Å². The Kier molecular flexibility index (Phi) is 4.60. The molecule has 1 unspecified atom stereocenters. The van der Waals surface area contributed by atoms with Crippen molar-refractivity contribution in [2.75, 3.05) is 13.2 Å². The van der Waals surface area contributed by atoms with Gasteiger partial charge in [0.1, 0.15) is 17.1 Å². The summed E-state index contributed by atoms with van der Waals surface area (Å²) in [4.78, 5) is 26.6. The number of nitrogens with zero attached hydrogens (tertiary/aromatic N) is 1. The molecule has 6 heteroatoms. The SMILES string of the molecule is CCOC(=O)C1(C)CCN1C(=O)c1cc(-c2ccc(Cl)cc2)oc1C. The number of likely N-dealkylation sites (tertiary alicyclic amines) is 1. The molecule has 1 saturated heterocycles. The Bertz CT molecular complexity index is 811. The second-order valence-corrected chi connectivity index (χ2v) is 6.72. The molecule has 2 aromatic rings. The van der Waals surface area contributed by atoms with Gasteiger partial charge >= 0.3 is 5.97 Å². The van der Waals surface area contributed by atoms with E-state index in [2.05, 4.69) is 0 Å². The van der Waals surface area contributed by atoms with Crippen LogP contribution in [0.4, 0.5) is 0 Å². The zero-order valence-corrected chi connectivity index (χ0v) is 15.2. The van der Waals surface area contributed by atoms with Crippen LogP contribution in [0.3, 0.4) is 0 Å². The third-order valence-corrected chi connectivity index (χ3v) is 4.91. The summed E-state index contributed by atoms with van der Waals surface area (Å²) < 4.78 is 10.9. The molecular formula is C19H20ClNO4. The fourth-order valence-corrected chi connectivity index (χ4v) is 3.11. The Morgan fingerprint density at radius 1 is 1.32 bits per heavy atom. The Labute approximate surface area is 151 Å². The van der Waals surface area contributed by atoms with Crippen LogP contribution in [-0.4, -0.2) is 35.5 Å². The highest BCUT2D eigenvalue weighted by molar-refractivity contribution is 6.30. The van der Waals surface area contributed by atoms with Crippen LogP contribution in [0.5, 0.6) is 0 Å². The van der Waals surface area contributed by atoms with Crippen LogP contribution in [0.2, 0.25) is 5.02 Å². The Hall–Kier alpha value is -2.27. The molecule has 1 atom stereocenters. The van der Waals surface area contributed by atoms with Crippen LogP contribution in [0.25, 0.3) is 11.3 Å². The Morgan fingerprint density at radius 2 is 2.00 bits per heavy atom. The molecule has 1 fully saturated rings. The number of hydrogen-bond donors (Lipinski definition) is 0. The normalized spacial score (nSPS) is 19.4. The van der Waals surface area contributed by atoms with E-state index in [0.29, 0.717) is 41.7 Å². The number of carbonyl (C=O) groups is 2. The van der Waals surface area contributed by atoms with Gasteiger partial charge in [-0.05, 0) is 57.5 Å². The summed E-state index contributed by atoms with van der Waals surface area (Å²) in [5.74, 6) is 0.529. The van der Waals surface area contributed by atoms with E-state index in [9.17, 15) is 9.59 Å². The lowest BCUT2D eigenvalue weighted by Crippen LogP contribution is -2.65. The van der Waals surface area contributed by atoms with Crippen molar-refractivity contribution in [3.05, 3.63) is 46.7 Å². The summed E-state index contributed by atoms with van der Waals surface area (Å²) in [5, 5.41) is 0.633. The van der Waals surface area contributed by atoms with Gasteiger partial charge in [0.2, 0.25) is 0 Å². The maximum atomic E-state index is 12.9. The number of rotatable bonds is 4. The first-order valence-electron chi connectivity index (χ1n) is 8.22. The molecule has 1 amide bonds. The van der Waals surface area contributed by atoms with Crippen LogP contribution in [-0.2, 0) is 9.53 Å². The number of carbonyl (C=O) groups excluding carboxylic acids is 2. The molecule has 0 bridgehead atoms. The van der Waals surface area contributed by atoms with Gasteiger partial charge in [-0.3, -0.25) is 4.79 Å². The predicted octanol–water partition coefficient (Wildman–Crippen LogP) is 4.08. The third-order valence-electron chi connectivity index (χ3n) is 4.66. The zero-order valence-electron chi connectivity index (χ0n) is 14.5. The van der Waals surface area contributed by atoms with Gasteiger partial charge < -0.3 is 14.1 Å². The summed E-state index contributed by atoms with van der Waals surface area (Å²) >= 11 is 5.91. The summed E-state index contributed by atoms with van der Waals surface area (Å²) in [6, 6.07) is 8.92. The molecule has 3 rings (SSSR count). The minimum atomic E-state index is -0.906. The molecule has 25 heavy (non-hydrogen) atoms. The van der Waals surface area contributed by atoms with Crippen LogP contribution in [0.15, 0.2) is 34.7 Å². The number of ether oxygens (including phenoxy) is 1. The maximum absolute atomic E-state index is 12.9. The first-order chi connectivity index (χ1) is 11.9. The second kappa shape index (κ2) is 6.56. The minimum Gasteiger partial charge on any atom is -0.464 e. The van der Waals surface area contributed by atoms with Gasteiger partial charge in [0.15, 0.2) is 0 Å². The Balaban J connectivity index is 1.86. The van der Waals surface area contributed by atoms with Gasteiger partial charge in [0.05, 0.1) is 12.2 Å². The van der Waals surface area contributed by atoms with Gasteiger partial charge in [-0.1, -0.05) is 11.6 Å². The summed E-state index contributed by atoms with van der Waals surface area (Å²) in [6.07, 6.45) is 0.596. The van der Waals surface area contributed by atoms with E-state index in [0.717, 1.165) is 5.56 Å². The van der Waals surface area contributed by atoms with Crippen molar-refractivity contribution in [3.63, 3.8) is 0 Å². The predicted molar refractivity (Wildman–Crippen MR) is 94.6 cm³/mol. The second-order valence-electron chi connectivity index (χ2n) is 6.29. The van der Waals surface area contributed by atoms with Crippen molar-refractivity contribution < 1.29 is 18.7 Å². The maximum Gasteiger partial charge on any atom is 0.331 e. The van der Waals surface area contributed by atoms with Crippen molar-refractivity contribution >= 4 is 23.5 Å². The zero-order chi connectivity index (χ0) is 18.2. The van der Waals surface area contributed by atoms with Gasteiger partial charge in [0.25, 0.3) is 5.91 Å². The highest BCUT2D eigenvalue weighted by Gasteiger charge is 2.51. The van der Waals surface area contributed by atoms with Gasteiger partial charge in [-0.15, -0.1) is 0 Å². The average molecular weight is 362 g/mol. The summed E-state index contributed by atoms with van der Waals surface area (Å²) in [6.45, 7) is 6.05. The Morgan fingerprint density at radius 3 is 2.56 bits per heavy atom. The van der Waals surface area contributed by atoms with Crippen LogP contribution in [0, 0.1) is 6.92 Å². The van der Waals surface area contributed by atoms with Crippen molar-refractivity contribution in [2.45, 2.75) is 32.7 Å². The van der Waals surface area contributed by atoms with E-state index in [1.165, 1.54) is 0 Å². The van der Waals surface area contributed by atoms with Gasteiger partial charge in [-0.25, -0.2) is 4.79 Å². The number of halogens is 1. The highest BCUT2D eigenvalue weighted by Crippen LogP contribution is 2.35. The van der Waals surface area contributed by atoms with Crippen molar-refractivity contribution in [1.82, 2.24) is 4.90 Å². The molecule has 0 radical (unpaired) electrons. The van der Waals surface area contributed by atoms with Gasteiger partial charge in [0, 0.05) is 17.1 Å². The molecule has 2 heterocycles. The number of benzene rings is 1. The number of aryl methyl sites for hydroxylation is 1. The minimum absolute atomic E-state index is 0.219. The van der Waals surface area contributed by atoms with Crippen LogP contribution >= 0.6 is 11.6 Å². The first kappa shape index (κ1) is 17.5. The summed E-state index contributed by atoms with van der Waals surface area (Å²) in [5.41, 5.74) is 0.389.